The molecule has 0 aliphatic carbocycles. The second-order valence-electron chi connectivity index (χ2n) is 11.6. The van der Waals surface area contributed by atoms with Gasteiger partial charge in [-0.25, -0.2) is 0 Å². The molecule has 10 nitrogen and oxygen atoms in total. The lowest BCUT2D eigenvalue weighted by Crippen LogP contribution is -2.52. The molecule has 2 aromatic carbocycles. The molecule has 7 rings (SSSR count). The van der Waals surface area contributed by atoms with Crippen LogP contribution in [0.4, 0.5) is 0 Å². The molecule has 0 saturated carbocycles. The van der Waals surface area contributed by atoms with Crippen LogP contribution in [0.25, 0.3) is 11.1 Å². The average Bonchev–Trinajstić information content (AvgIpc) is 3.66. The maximum atomic E-state index is 13.4. The first kappa shape index (κ1) is 25.5. The number of piperidine rings is 2. The van der Waals surface area contributed by atoms with Gasteiger partial charge in [0, 0.05) is 40.8 Å². The van der Waals surface area contributed by atoms with Crippen LogP contribution in [0.3, 0.4) is 0 Å². The summed E-state index contributed by atoms with van der Waals surface area (Å²) >= 11 is 0. The molecule has 208 valence electrons. The maximum absolute atomic E-state index is 13.4. The molecule has 3 aromatic rings. The first-order valence-corrected chi connectivity index (χ1v) is 14.1. The number of ether oxygens (including phenoxy) is 1. The van der Waals surface area contributed by atoms with E-state index in [1.165, 1.54) is 10.5 Å². The normalized spacial score (nSPS) is 21.4. The number of carbonyl (C=O) groups is 3. The van der Waals surface area contributed by atoms with E-state index in [1.807, 2.05) is 19.2 Å². The van der Waals surface area contributed by atoms with Crippen LogP contribution in [0.1, 0.15) is 64.0 Å². The zero-order valence-electron chi connectivity index (χ0n) is 22.8. The second kappa shape index (κ2) is 9.56. The third kappa shape index (κ3) is 4.11. The summed E-state index contributed by atoms with van der Waals surface area (Å²) in [6.07, 6.45) is 4.09. The number of nitriles is 1. The molecule has 3 amide bonds. The van der Waals surface area contributed by atoms with Crippen molar-refractivity contribution in [3.05, 3.63) is 70.0 Å². The van der Waals surface area contributed by atoms with E-state index in [2.05, 4.69) is 50.7 Å². The lowest BCUT2D eigenvalue weighted by Gasteiger charge is -2.38. The predicted molar refractivity (Wildman–Crippen MR) is 148 cm³/mol. The number of nitrogens with zero attached hydrogens (tertiary/aromatic N) is 4. The molecule has 0 unspecified atom stereocenters. The van der Waals surface area contributed by atoms with Crippen molar-refractivity contribution in [3.8, 4) is 22.9 Å². The topological polar surface area (TPSA) is 131 Å². The first-order valence-electron chi connectivity index (χ1n) is 14.1. The van der Waals surface area contributed by atoms with Gasteiger partial charge in [0.25, 0.3) is 5.91 Å². The van der Waals surface area contributed by atoms with Gasteiger partial charge >= 0.3 is 0 Å². The minimum Gasteiger partial charge on any atom is -0.492 e. The van der Waals surface area contributed by atoms with Gasteiger partial charge in [-0.1, -0.05) is 18.2 Å². The van der Waals surface area contributed by atoms with Gasteiger partial charge in [0.1, 0.15) is 11.8 Å². The Kier molecular flexibility index (Phi) is 5.94. The molecule has 5 heterocycles. The number of likely N-dealkylation sites (tertiary alicyclic amines) is 1. The molecule has 1 spiro atoms. The van der Waals surface area contributed by atoms with E-state index in [-0.39, 0.29) is 36.6 Å². The second-order valence-corrected chi connectivity index (χ2v) is 11.6. The van der Waals surface area contributed by atoms with E-state index in [4.69, 9.17) is 4.74 Å². The molecule has 4 aliphatic rings. The number of rotatable bonds is 4. The Balaban J connectivity index is 1.11. The smallest absolute Gasteiger partial charge is 0.256 e. The number of fused-ring (bicyclic) bond motifs is 4. The van der Waals surface area contributed by atoms with Gasteiger partial charge in [-0.05, 0) is 62.5 Å². The number of imide groups is 1. The number of benzene rings is 2. The summed E-state index contributed by atoms with van der Waals surface area (Å²) in [7, 11) is 0. The van der Waals surface area contributed by atoms with Crippen molar-refractivity contribution in [1.82, 2.24) is 25.3 Å². The Hall–Kier alpha value is -4.49. The van der Waals surface area contributed by atoms with Crippen LogP contribution in [0.2, 0.25) is 0 Å². The Morgan fingerprint density at radius 1 is 1.20 bits per heavy atom. The summed E-state index contributed by atoms with van der Waals surface area (Å²) in [5.41, 5.74) is 6.70. The summed E-state index contributed by atoms with van der Waals surface area (Å²) in [6, 6.07) is 11.9. The van der Waals surface area contributed by atoms with Crippen LogP contribution in [-0.2, 0) is 28.1 Å². The Morgan fingerprint density at radius 2 is 2.02 bits per heavy atom. The van der Waals surface area contributed by atoms with E-state index in [0.29, 0.717) is 29.0 Å². The lowest BCUT2D eigenvalue weighted by molar-refractivity contribution is -0.136. The molecule has 41 heavy (non-hydrogen) atoms. The van der Waals surface area contributed by atoms with Crippen LogP contribution < -0.4 is 10.1 Å². The third-order valence-corrected chi connectivity index (χ3v) is 9.24. The fraction of sp³-hybridized carbons (Fsp3) is 0.387. The number of hydrogen-bond acceptors (Lipinski definition) is 7. The Morgan fingerprint density at radius 3 is 2.76 bits per heavy atom. The molecule has 2 saturated heterocycles. The van der Waals surface area contributed by atoms with Crippen molar-refractivity contribution in [2.24, 2.45) is 0 Å². The van der Waals surface area contributed by atoms with Gasteiger partial charge in [0.2, 0.25) is 11.8 Å². The minimum atomic E-state index is -0.732. The van der Waals surface area contributed by atoms with Crippen molar-refractivity contribution < 1.29 is 19.1 Å². The number of amides is 3. The van der Waals surface area contributed by atoms with Crippen LogP contribution in [0.15, 0.2) is 36.5 Å². The Bertz CT molecular complexity index is 1640. The summed E-state index contributed by atoms with van der Waals surface area (Å²) in [5, 5.41) is 19.5. The quantitative estimate of drug-likeness (QED) is 0.478. The van der Waals surface area contributed by atoms with Gasteiger partial charge < -0.3 is 9.64 Å². The van der Waals surface area contributed by atoms with E-state index >= 15 is 0 Å². The number of hydrogen-bond donors (Lipinski definition) is 2. The van der Waals surface area contributed by atoms with Crippen LogP contribution >= 0.6 is 0 Å². The molecule has 2 N–H and O–H groups in total. The molecular weight excluding hydrogens is 520 g/mol. The van der Waals surface area contributed by atoms with Crippen LogP contribution in [0, 0.1) is 18.3 Å². The molecule has 2 fully saturated rings. The molecule has 1 aromatic heterocycles. The van der Waals surface area contributed by atoms with Crippen molar-refractivity contribution in [2.75, 3.05) is 19.7 Å². The summed E-state index contributed by atoms with van der Waals surface area (Å²) in [5.74, 6) is -0.445. The maximum Gasteiger partial charge on any atom is 0.256 e. The standard InChI is InChI=1S/C31H30N6O4/c1-18-22(14-33-35-18)20-4-2-3-19(11-20)15-36-9-7-31(8-10-36)17-41-28-23-16-37(25-5-6-26(38)34-29(25)39)30(40)27(23)21(13-32)12-24(28)31/h2-4,11-12,14,25H,5-10,15-17H2,1H3,(H,33,35)(H,34,38,39)/t25-/m0/s1. The number of aryl methyl sites for hydroxylation is 1. The van der Waals surface area contributed by atoms with Gasteiger partial charge in [0.05, 0.1) is 36.5 Å². The van der Waals surface area contributed by atoms with E-state index < -0.39 is 11.9 Å². The van der Waals surface area contributed by atoms with Crippen molar-refractivity contribution in [1.29, 1.82) is 5.26 Å². The molecule has 0 bridgehead atoms. The molecule has 4 aliphatic heterocycles. The van der Waals surface area contributed by atoms with Crippen LogP contribution in [-0.4, -0.2) is 63.5 Å². The van der Waals surface area contributed by atoms with Crippen molar-refractivity contribution >= 4 is 17.7 Å². The summed E-state index contributed by atoms with van der Waals surface area (Å²) in [6.45, 7) is 5.36. The largest absolute Gasteiger partial charge is 0.492 e. The highest BCUT2D eigenvalue weighted by atomic mass is 16.5. The summed E-state index contributed by atoms with van der Waals surface area (Å²) in [4.78, 5) is 41.6. The summed E-state index contributed by atoms with van der Waals surface area (Å²) < 4.78 is 6.31. The van der Waals surface area contributed by atoms with Gasteiger partial charge in [-0.3, -0.25) is 29.7 Å². The zero-order chi connectivity index (χ0) is 28.3. The van der Waals surface area contributed by atoms with E-state index in [9.17, 15) is 19.6 Å². The minimum absolute atomic E-state index is 0.184. The highest BCUT2D eigenvalue weighted by Crippen LogP contribution is 2.50. The third-order valence-electron chi connectivity index (χ3n) is 9.24. The highest BCUT2D eigenvalue weighted by molar-refractivity contribution is 6.07. The van der Waals surface area contributed by atoms with Crippen molar-refractivity contribution in [2.45, 2.75) is 57.2 Å². The number of aromatic nitrogens is 2. The fourth-order valence-electron chi connectivity index (χ4n) is 6.96. The van der Waals surface area contributed by atoms with Crippen LogP contribution in [0.5, 0.6) is 5.75 Å². The van der Waals surface area contributed by atoms with Gasteiger partial charge in [-0.15, -0.1) is 0 Å². The first-order chi connectivity index (χ1) is 19.9. The van der Waals surface area contributed by atoms with Gasteiger partial charge in [0.15, 0.2) is 0 Å². The zero-order valence-corrected chi connectivity index (χ0v) is 22.8. The SMILES string of the molecule is Cc1[nH]ncc1-c1cccc(CN2CCC3(CC2)COc2c3cc(C#N)c3c2CN([C@H]2CCC(=O)NC2=O)C3=O)c1. The number of carbonyl (C=O) groups excluding carboxylic acids is 3. The number of nitrogens with one attached hydrogen (secondary N) is 2. The predicted octanol–water partition coefficient (Wildman–Crippen LogP) is 2.94. The molecule has 0 radical (unpaired) electrons. The fourth-order valence-corrected chi connectivity index (χ4v) is 6.96. The number of H-pyrrole nitrogens is 1. The lowest BCUT2D eigenvalue weighted by atomic mass is 9.73. The van der Waals surface area contributed by atoms with Gasteiger partial charge in [-0.2, -0.15) is 10.4 Å². The molecule has 1 atom stereocenters. The van der Waals surface area contributed by atoms with E-state index in [1.54, 1.807) is 0 Å². The molecule has 10 heteroatoms. The Labute approximate surface area is 237 Å². The highest BCUT2D eigenvalue weighted by Gasteiger charge is 2.48. The van der Waals surface area contributed by atoms with Crippen molar-refractivity contribution in [3.63, 3.8) is 0 Å². The average molecular weight is 551 g/mol. The molecular formula is C31H30N6O4. The van der Waals surface area contributed by atoms with E-state index in [0.717, 1.165) is 54.9 Å². The number of aromatic amines is 1. The monoisotopic (exact) mass is 550 g/mol.